The molecule has 0 bridgehead atoms. The molecule has 1 N–H and O–H groups in total. The molecule has 0 aromatic heterocycles. The van der Waals surface area contributed by atoms with Crippen molar-refractivity contribution in [3.63, 3.8) is 0 Å². The summed E-state index contributed by atoms with van der Waals surface area (Å²) < 4.78 is 0. The second-order valence-electron chi connectivity index (χ2n) is 1.17. The van der Waals surface area contributed by atoms with E-state index >= 15 is 0 Å². The zero-order valence-electron chi connectivity index (χ0n) is 4.49. The summed E-state index contributed by atoms with van der Waals surface area (Å²) in [5.74, 6) is 0. The van der Waals surface area contributed by atoms with Crippen molar-refractivity contribution in [2.24, 2.45) is 0 Å². The molecule has 0 rings (SSSR count). The summed E-state index contributed by atoms with van der Waals surface area (Å²) >= 11 is 0. The Kier molecular flexibility index (Phi) is 4.93. The van der Waals surface area contributed by atoms with Gasteiger partial charge in [-0.05, 0) is 13.0 Å². The minimum Gasteiger partial charge on any atom is -0.313 e. The Morgan fingerprint density at radius 2 is 2.17 bits per heavy atom. The van der Waals surface area contributed by atoms with Crippen LogP contribution >= 0.6 is 0 Å². The van der Waals surface area contributed by atoms with E-state index in [1.54, 1.807) is 0 Å². The van der Waals surface area contributed by atoms with Crippen LogP contribution in [0.15, 0.2) is 0 Å². The predicted octanol–water partition coefficient (Wildman–Crippen LogP) is 1.17. The van der Waals surface area contributed by atoms with Crippen molar-refractivity contribution in [3.8, 4) is 0 Å². The maximum atomic E-state index is 3.07. The summed E-state index contributed by atoms with van der Waals surface area (Å²) in [4.78, 5) is 0. The Morgan fingerprint density at radius 3 is 2.33 bits per heavy atom. The highest BCUT2D eigenvalue weighted by Gasteiger charge is 1.72. The third kappa shape index (κ3) is 3.96. The highest BCUT2D eigenvalue weighted by Crippen LogP contribution is 1.73. The fourth-order valence-corrected chi connectivity index (χ4v) is 0.289. The topological polar surface area (TPSA) is 12.0 Å². The van der Waals surface area contributed by atoms with Crippen molar-refractivity contribution in [2.75, 3.05) is 6.54 Å². The van der Waals surface area contributed by atoms with Crippen LogP contribution < -0.4 is 5.32 Å². The largest absolute Gasteiger partial charge is 0.313 e. The van der Waals surface area contributed by atoms with Crippen LogP contribution in [0.2, 0.25) is 0 Å². The van der Waals surface area contributed by atoms with Gasteiger partial charge in [0.15, 0.2) is 0 Å². The lowest BCUT2D eigenvalue weighted by molar-refractivity contribution is 0.799. The van der Waals surface area contributed by atoms with E-state index in [0.29, 0.717) is 0 Å². The quantitative estimate of drug-likeness (QED) is 0.508. The summed E-state index contributed by atoms with van der Waals surface area (Å²) in [6.07, 6.45) is 1.12. The summed E-state index contributed by atoms with van der Waals surface area (Å²) in [7, 11) is 0. The van der Waals surface area contributed by atoms with E-state index in [2.05, 4.69) is 25.7 Å². The molecule has 0 fully saturated rings. The van der Waals surface area contributed by atoms with Crippen molar-refractivity contribution in [3.05, 3.63) is 6.54 Å². The van der Waals surface area contributed by atoms with Gasteiger partial charge in [-0.1, -0.05) is 13.8 Å². The van der Waals surface area contributed by atoms with Crippen molar-refractivity contribution >= 4 is 0 Å². The fourth-order valence-electron chi connectivity index (χ4n) is 0.289. The Morgan fingerprint density at radius 1 is 1.50 bits per heavy atom. The zero-order chi connectivity index (χ0) is 4.83. The number of rotatable bonds is 3. The molecule has 0 heterocycles. The van der Waals surface area contributed by atoms with E-state index in [4.69, 9.17) is 0 Å². The van der Waals surface area contributed by atoms with Crippen molar-refractivity contribution in [2.45, 2.75) is 20.3 Å². The van der Waals surface area contributed by atoms with E-state index in [1.165, 1.54) is 0 Å². The Bertz CT molecular complexity index is 15.9. The van der Waals surface area contributed by atoms with E-state index < -0.39 is 0 Å². The molecule has 0 aliphatic heterocycles. The monoisotopic (exact) mass is 86.1 g/mol. The van der Waals surface area contributed by atoms with E-state index in [1.807, 2.05) is 0 Å². The second kappa shape index (κ2) is 4.96. The van der Waals surface area contributed by atoms with Gasteiger partial charge in [-0.3, -0.25) is 0 Å². The van der Waals surface area contributed by atoms with Crippen LogP contribution in [0.3, 0.4) is 0 Å². The average Bonchev–Trinajstić information content (AvgIpc) is 1.61. The molecular formula is C5H12N. The maximum absolute atomic E-state index is 3.07. The predicted molar refractivity (Wildman–Crippen MR) is 28.3 cm³/mol. The van der Waals surface area contributed by atoms with Gasteiger partial charge in [-0.2, -0.15) is 0 Å². The van der Waals surface area contributed by atoms with Crippen molar-refractivity contribution in [1.29, 1.82) is 0 Å². The fraction of sp³-hybridized carbons (Fsp3) is 0.800. The Hall–Kier alpha value is -0.0400. The first-order valence-electron chi connectivity index (χ1n) is 2.46. The molecule has 1 radical (unpaired) electrons. The highest BCUT2D eigenvalue weighted by molar-refractivity contribution is 4.53. The molecule has 37 valence electrons. The van der Waals surface area contributed by atoms with Crippen LogP contribution in [0.1, 0.15) is 20.3 Å². The first kappa shape index (κ1) is 5.96. The van der Waals surface area contributed by atoms with Gasteiger partial charge in [-0.25, -0.2) is 0 Å². The lowest BCUT2D eigenvalue weighted by Gasteiger charge is -1.90. The molecule has 0 atom stereocenters. The molecule has 1 heteroatoms. The van der Waals surface area contributed by atoms with Gasteiger partial charge in [0.05, 0.1) is 0 Å². The van der Waals surface area contributed by atoms with Crippen LogP contribution in [0.5, 0.6) is 0 Å². The van der Waals surface area contributed by atoms with E-state index in [-0.39, 0.29) is 0 Å². The van der Waals surface area contributed by atoms with E-state index in [9.17, 15) is 0 Å². The van der Waals surface area contributed by atoms with Gasteiger partial charge >= 0.3 is 0 Å². The number of nitrogens with one attached hydrogen (secondary N) is 1. The molecule has 1 nitrogen and oxygen atoms in total. The summed E-state index contributed by atoms with van der Waals surface area (Å²) in [6.45, 7) is 7.31. The molecule has 0 aromatic carbocycles. The normalized spacial score (nSPS) is 9.00. The van der Waals surface area contributed by atoms with Crippen LogP contribution in [-0.2, 0) is 0 Å². The number of hydrogen-bond donors (Lipinski definition) is 1. The molecule has 0 saturated carbocycles. The van der Waals surface area contributed by atoms with Gasteiger partial charge in [0, 0.05) is 6.54 Å². The lowest BCUT2D eigenvalue weighted by atomic mass is 10.5. The first-order valence-corrected chi connectivity index (χ1v) is 2.46. The molecule has 0 aliphatic carbocycles. The second-order valence-corrected chi connectivity index (χ2v) is 1.17. The van der Waals surface area contributed by atoms with Crippen molar-refractivity contribution in [1.82, 2.24) is 5.32 Å². The SMILES string of the molecule is CC[CH]NCC. The molecule has 6 heavy (non-hydrogen) atoms. The molecule has 0 aromatic rings. The third-order valence-corrected chi connectivity index (χ3v) is 0.553. The summed E-state index contributed by atoms with van der Waals surface area (Å²) in [6, 6.07) is 0. The minimum absolute atomic E-state index is 1.05. The van der Waals surface area contributed by atoms with Gasteiger partial charge in [0.1, 0.15) is 0 Å². The standard InChI is InChI=1S/C5H12N/c1-3-5-6-4-2/h5-6H,3-4H2,1-2H3. The molecular weight excluding hydrogens is 74.1 g/mol. The van der Waals surface area contributed by atoms with Crippen LogP contribution in [0.4, 0.5) is 0 Å². The molecule has 0 spiro atoms. The minimum atomic E-state index is 1.05. The molecule has 0 saturated heterocycles. The Labute approximate surface area is 39.7 Å². The van der Waals surface area contributed by atoms with Gasteiger partial charge < -0.3 is 5.32 Å². The summed E-state index contributed by atoms with van der Waals surface area (Å²) in [5, 5.41) is 3.07. The summed E-state index contributed by atoms with van der Waals surface area (Å²) in [5.41, 5.74) is 0. The van der Waals surface area contributed by atoms with Crippen LogP contribution in [0, 0.1) is 6.54 Å². The van der Waals surface area contributed by atoms with Gasteiger partial charge in [-0.15, -0.1) is 0 Å². The first-order chi connectivity index (χ1) is 2.91. The number of hydrogen-bond acceptors (Lipinski definition) is 1. The Balaban J connectivity index is 2.34. The third-order valence-electron chi connectivity index (χ3n) is 0.553. The molecule has 0 aliphatic rings. The van der Waals surface area contributed by atoms with Crippen LogP contribution in [0.25, 0.3) is 0 Å². The van der Waals surface area contributed by atoms with Crippen LogP contribution in [-0.4, -0.2) is 6.54 Å². The smallest absolute Gasteiger partial charge is 0.0218 e. The van der Waals surface area contributed by atoms with Gasteiger partial charge in [0.25, 0.3) is 0 Å². The zero-order valence-corrected chi connectivity index (χ0v) is 4.49. The maximum Gasteiger partial charge on any atom is 0.0218 e. The van der Waals surface area contributed by atoms with Gasteiger partial charge in [0.2, 0.25) is 0 Å². The lowest BCUT2D eigenvalue weighted by Crippen LogP contribution is -2.06. The molecule has 0 amide bonds. The van der Waals surface area contributed by atoms with Crippen molar-refractivity contribution < 1.29 is 0 Å². The highest BCUT2D eigenvalue weighted by atomic mass is 14.8. The average molecular weight is 86.2 g/mol. The van der Waals surface area contributed by atoms with E-state index in [0.717, 1.165) is 13.0 Å². The molecule has 0 unspecified atom stereocenters.